The van der Waals surface area contributed by atoms with E-state index >= 15 is 0 Å². The molecule has 2 amide bonds. The first kappa shape index (κ1) is 18.7. The molecule has 0 N–H and O–H groups in total. The number of nitrogens with zero attached hydrogens (tertiary/aromatic N) is 4. The van der Waals surface area contributed by atoms with Crippen LogP contribution >= 0.6 is 11.3 Å². The van der Waals surface area contributed by atoms with E-state index < -0.39 is 0 Å². The van der Waals surface area contributed by atoms with E-state index in [-0.39, 0.29) is 17.7 Å². The van der Waals surface area contributed by atoms with Gasteiger partial charge < -0.3 is 14.7 Å². The number of carbonyl (C=O) groups is 2. The number of fused-ring (bicyclic) bond motifs is 1. The lowest BCUT2D eigenvalue weighted by Crippen LogP contribution is -2.49. The van der Waals surface area contributed by atoms with Gasteiger partial charge >= 0.3 is 0 Å². The minimum atomic E-state index is 0.0637. The van der Waals surface area contributed by atoms with Gasteiger partial charge in [0.1, 0.15) is 0 Å². The summed E-state index contributed by atoms with van der Waals surface area (Å²) in [6, 6.07) is 0. The standard InChI is InChI=1S/C20H30N4O2S/c1-14(2)18(25)23-9-11-24(12-10-23)20-21-16-6-5-15(13-17(16)27-20)19(26)22-7-3-4-8-22/h14-15H,3-13H2,1-2H3/t15-/m1/s1. The lowest BCUT2D eigenvalue weighted by atomic mass is 9.90. The highest BCUT2D eigenvalue weighted by Gasteiger charge is 2.32. The van der Waals surface area contributed by atoms with E-state index in [2.05, 4.69) is 9.80 Å². The van der Waals surface area contributed by atoms with Gasteiger partial charge in [0, 0.05) is 56.0 Å². The third kappa shape index (κ3) is 3.84. The maximum atomic E-state index is 12.7. The molecule has 0 spiro atoms. The van der Waals surface area contributed by atoms with Crippen molar-refractivity contribution >= 4 is 28.3 Å². The average Bonchev–Trinajstić information content (AvgIpc) is 3.36. The summed E-state index contributed by atoms with van der Waals surface area (Å²) < 4.78 is 0. The van der Waals surface area contributed by atoms with Crippen molar-refractivity contribution in [1.82, 2.24) is 14.8 Å². The first-order valence-electron chi connectivity index (χ1n) is 10.3. The van der Waals surface area contributed by atoms with Crippen LogP contribution in [0.15, 0.2) is 0 Å². The number of hydrogen-bond donors (Lipinski definition) is 0. The predicted octanol–water partition coefficient (Wildman–Crippen LogP) is 2.18. The number of thiazole rings is 1. The summed E-state index contributed by atoms with van der Waals surface area (Å²) in [6.07, 6.45) is 5.01. The molecule has 6 nitrogen and oxygen atoms in total. The zero-order valence-electron chi connectivity index (χ0n) is 16.4. The third-order valence-electron chi connectivity index (χ3n) is 6.05. The fraction of sp³-hybridized carbons (Fsp3) is 0.750. The molecule has 0 saturated carbocycles. The van der Waals surface area contributed by atoms with Crippen molar-refractivity contribution in [2.45, 2.75) is 46.0 Å². The number of carbonyl (C=O) groups excluding carboxylic acids is 2. The van der Waals surface area contributed by atoms with Crippen LogP contribution in [0, 0.1) is 11.8 Å². The summed E-state index contributed by atoms with van der Waals surface area (Å²) in [5.74, 6) is 0.809. The van der Waals surface area contributed by atoms with E-state index in [0.717, 1.165) is 76.5 Å². The molecule has 1 aromatic heterocycles. The normalized spacial score (nSPS) is 23.1. The molecular formula is C20H30N4O2S. The molecule has 27 heavy (non-hydrogen) atoms. The predicted molar refractivity (Wildman–Crippen MR) is 107 cm³/mol. The number of likely N-dealkylation sites (tertiary alicyclic amines) is 1. The third-order valence-corrected chi connectivity index (χ3v) is 7.23. The maximum Gasteiger partial charge on any atom is 0.226 e. The zero-order chi connectivity index (χ0) is 19.0. The molecule has 1 aliphatic carbocycles. The zero-order valence-corrected chi connectivity index (χ0v) is 17.3. The second-order valence-electron chi connectivity index (χ2n) is 8.31. The summed E-state index contributed by atoms with van der Waals surface area (Å²) in [5.41, 5.74) is 1.20. The highest BCUT2D eigenvalue weighted by Crippen LogP contribution is 2.35. The number of rotatable bonds is 3. The Labute approximate surface area is 165 Å². The van der Waals surface area contributed by atoms with Gasteiger partial charge in [-0.15, -0.1) is 11.3 Å². The van der Waals surface area contributed by atoms with Crippen LogP contribution in [-0.2, 0) is 22.4 Å². The average molecular weight is 391 g/mol. The van der Waals surface area contributed by atoms with Gasteiger partial charge in [-0.1, -0.05) is 13.8 Å². The van der Waals surface area contributed by atoms with E-state index in [1.165, 1.54) is 10.6 Å². The number of aromatic nitrogens is 1. The van der Waals surface area contributed by atoms with E-state index in [1.54, 1.807) is 11.3 Å². The molecule has 3 aliphatic rings. The molecule has 2 fully saturated rings. The highest BCUT2D eigenvalue weighted by molar-refractivity contribution is 7.15. The van der Waals surface area contributed by atoms with Gasteiger partial charge in [0.25, 0.3) is 0 Å². The molecule has 0 radical (unpaired) electrons. The fourth-order valence-corrected chi connectivity index (χ4v) is 5.62. The van der Waals surface area contributed by atoms with Gasteiger partial charge in [-0.3, -0.25) is 9.59 Å². The van der Waals surface area contributed by atoms with Crippen LogP contribution in [0.4, 0.5) is 5.13 Å². The lowest BCUT2D eigenvalue weighted by Gasteiger charge is -2.35. The molecule has 0 aromatic carbocycles. The summed E-state index contributed by atoms with van der Waals surface area (Å²) in [4.78, 5) is 37.4. The topological polar surface area (TPSA) is 56.8 Å². The number of piperazine rings is 1. The molecular weight excluding hydrogens is 360 g/mol. The van der Waals surface area contributed by atoms with E-state index in [1.807, 2.05) is 18.7 Å². The summed E-state index contributed by atoms with van der Waals surface area (Å²) in [7, 11) is 0. The minimum absolute atomic E-state index is 0.0637. The smallest absolute Gasteiger partial charge is 0.226 e. The Morgan fingerprint density at radius 1 is 1.04 bits per heavy atom. The second kappa shape index (κ2) is 7.78. The SMILES string of the molecule is CC(C)C(=O)N1CCN(c2nc3c(s2)C[C@H](C(=O)N2CCCC2)CC3)CC1. The fourth-order valence-electron chi connectivity index (χ4n) is 4.39. The van der Waals surface area contributed by atoms with Gasteiger partial charge in [-0.05, 0) is 32.1 Å². The van der Waals surface area contributed by atoms with Crippen molar-refractivity contribution in [3.05, 3.63) is 10.6 Å². The van der Waals surface area contributed by atoms with Gasteiger partial charge in [-0.2, -0.15) is 0 Å². The van der Waals surface area contributed by atoms with Crippen LogP contribution in [0.1, 0.15) is 43.7 Å². The van der Waals surface area contributed by atoms with Crippen LogP contribution < -0.4 is 4.90 Å². The largest absolute Gasteiger partial charge is 0.345 e. The molecule has 0 unspecified atom stereocenters. The number of anilines is 1. The van der Waals surface area contributed by atoms with E-state index in [4.69, 9.17) is 4.98 Å². The Kier molecular flexibility index (Phi) is 5.39. The Balaban J connectivity index is 1.37. The number of aryl methyl sites for hydroxylation is 1. The van der Waals surface area contributed by atoms with Crippen molar-refractivity contribution in [2.24, 2.45) is 11.8 Å². The van der Waals surface area contributed by atoms with Crippen LogP contribution in [0.25, 0.3) is 0 Å². The second-order valence-corrected chi connectivity index (χ2v) is 9.37. The number of hydrogen-bond acceptors (Lipinski definition) is 5. The minimum Gasteiger partial charge on any atom is -0.345 e. The van der Waals surface area contributed by atoms with Gasteiger partial charge in [0.2, 0.25) is 11.8 Å². The van der Waals surface area contributed by atoms with Crippen LogP contribution in [-0.4, -0.2) is 65.9 Å². The van der Waals surface area contributed by atoms with Crippen molar-refractivity contribution < 1.29 is 9.59 Å². The highest BCUT2D eigenvalue weighted by atomic mass is 32.1. The van der Waals surface area contributed by atoms with Crippen LogP contribution in [0.3, 0.4) is 0 Å². The molecule has 3 heterocycles. The molecule has 0 bridgehead atoms. The Morgan fingerprint density at radius 2 is 1.74 bits per heavy atom. The molecule has 7 heteroatoms. The Hall–Kier alpha value is -1.63. The van der Waals surface area contributed by atoms with E-state index in [0.29, 0.717) is 5.91 Å². The monoisotopic (exact) mass is 390 g/mol. The summed E-state index contributed by atoms with van der Waals surface area (Å²) in [5, 5.41) is 1.07. The summed E-state index contributed by atoms with van der Waals surface area (Å²) in [6.45, 7) is 9.05. The lowest BCUT2D eigenvalue weighted by molar-refractivity contribution is -0.135. The molecule has 148 valence electrons. The molecule has 4 rings (SSSR count). The van der Waals surface area contributed by atoms with Gasteiger partial charge in [0.05, 0.1) is 5.69 Å². The Morgan fingerprint density at radius 3 is 2.41 bits per heavy atom. The van der Waals surface area contributed by atoms with Gasteiger partial charge in [0.15, 0.2) is 5.13 Å². The maximum absolute atomic E-state index is 12.7. The van der Waals surface area contributed by atoms with Crippen LogP contribution in [0.2, 0.25) is 0 Å². The van der Waals surface area contributed by atoms with E-state index in [9.17, 15) is 9.59 Å². The molecule has 1 aromatic rings. The molecule has 2 aliphatic heterocycles. The van der Waals surface area contributed by atoms with Crippen molar-refractivity contribution in [3.8, 4) is 0 Å². The Bertz CT molecular complexity index is 703. The van der Waals surface area contributed by atoms with Crippen molar-refractivity contribution in [3.63, 3.8) is 0 Å². The van der Waals surface area contributed by atoms with Gasteiger partial charge in [-0.25, -0.2) is 4.98 Å². The van der Waals surface area contributed by atoms with Crippen molar-refractivity contribution in [2.75, 3.05) is 44.2 Å². The molecule has 2 saturated heterocycles. The quantitative estimate of drug-likeness (QED) is 0.794. The first-order valence-corrected chi connectivity index (χ1v) is 11.2. The summed E-state index contributed by atoms with van der Waals surface area (Å²) >= 11 is 1.76. The van der Waals surface area contributed by atoms with Crippen LogP contribution in [0.5, 0.6) is 0 Å². The van der Waals surface area contributed by atoms with Crippen molar-refractivity contribution in [1.29, 1.82) is 0 Å². The molecule has 1 atom stereocenters. The first-order chi connectivity index (χ1) is 13.0. The number of amides is 2.